The van der Waals surface area contributed by atoms with Crippen LogP contribution in [0.4, 0.5) is 0 Å². The summed E-state index contributed by atoms with van der Waals surface area (Å²) in [7, 11) is 1.76. The number of hydrogen-bond donors (Lipinski definition) is 1. The SMILES string of the molecule is C=CCCCCCC(NCCC)c1cc(C)ccc1OC. The van der Waals surface area contributed by atoms with Crippen LogP contribution in [0.15, 0.2) is 30.9 Å². The van der Waals surface area contributed by atoms with E-state index < -0.39 is 0 Å². The monoisotopic (exact) mass is 289 g/mol. The molecule has 0 aliphatic heterocycles. The van der Waals surface area contributed by atoms with Gasteiger partial charge >= 0.3 is 0 Å². The third-order valence-corrected chi connectivity index (χ3v) is 3.80. The lowest BCUT2D eigenvalue weighted by atomic mass is 9.97. The maximum absolute atomic E-state index is 5.55. The molecule has 1 aromatic carbocycles. The third-order valence-electron chi connectivity index (χ3n) is 3.80. The number of methoxy groups -OCH3 is 1. The second-order valence-corrected chi connectivity index (χ2v) is 5.68. The second-order valence-electron chi connectivity index (χ2n) is 5.68. The van der Waals surface area contributed by atoms with E-state index in [0.717, 1.165) is 31.6 Å². The molecular weight excluding hydrogens is 258 g/mol. The zero-order valence-corrected chi connectivity index (χ0v) is 14.0. The van der Waals surface area contributed by atoms with E-state index in [-0.39, 0.29) is 0 Å². The van der Waals surface area contributed by atoms with Crippen LogP contribution >= 0.6 is 0 Å². The van der Waals surface area contributed by atoms with Crippen molar-refractivity contribution in [3.05, 3.63) is 42.0 Å². The number of hydrogen-bond acceptors (Lipinski definition) is 2. The number of unbranched alkanes of at least 4 members (excludes halogenated alkanes) is 3. The summed E-state index contributed by atoms with van der Waals surface area (Å²) in [6.45, 7) is 9.19. The largest absolute Gasteiger partial charge is 0.496 e. The van der Waals surface area contributed by atoms with E-state index in [0.29, 0.717) is 6.04 Å². The topological polar surface area (TPSA) is 21.3 Å². The average molecular weight is 289 g/mol. The van der Waals surface area contributed by atoms with E-state index in [1.165, 1.54) is 30.4 Å². The van der Waals surface area contributed by atoms with Gasteiger partial charge in [0.1, 0.15) is 5.75 Å². The van der Waals surface area contributed by atoms with E-state index in [4.69, 9.17) is 4.74 Å². The molecule has 0 fully saturated rings. The number of allylic oxidation sites excluding steroid dienone is 1. The van der Waals surface area contributed by atoms with Crippen LogP contribution in [-0.2, 0) is 0 Å². The maximum Gasteiger partial charge on any atom is 0.123 e. The lowest BCUT2D eigenvalue weighted by molar-refractivity contribution is 0.391. The van der Waals surface area contributed by atoms with Crippen LogP contribution in [-0.4, -0.2) is 13.7 Å². The Hall–Kier alpha value is -1.28. The standard InChI is InChI=1S/C19H31NO/c1-5-7-8-9-10-11-18(20-14-6-2)17-15-16(3)12-13-19(17)21-4/h5,12-13,15,18,20H,1,6-11,14H2,2-4H3. The molecule has 1 rings (SSSR count). The molecule has 0 aliphatic carbocycles. The summed E-state index contributed by atoms with van der Waals surface area (Å²) in [6, 6.07) is 6.85. The zero-order chi connectivity index (χ0) is 15.5. The van der Waals surface area contributed by atoms with Crippen molar-refractivity contribution >= 4 is 0 Å². The van der Waals surface area contributed by atoms with Crippen LogP contribution in [0.5, 0.6) is 5.75 Å². The average Bonchev–Trinajstić information content (AvgIpc) is 2.50. The summed E-state index contributed by atoms with van der Waals surface area (Å²) in [5.41, 5.74) is 2.59. The minimum atomic E-state index is 0.392. The van der Waals surface area contributed by atoms with Crippen molar-refractivity contribution < 1.29 is 4.74 Å². The smallest absolute Gasteiger partial charge is 0.123 e. The number of rotatable bonds is 11. The predicted octanol–water partition coefficient (Wildman–Crippen LogP) is 5.18. The predicted molar refractivity (Wildman–Crippen MR) is 92.0 cm³/mol. The summed E-state index contributed by atoms with van der Waals surface area (Å²) >= 11 is 0. The molecule has 0 saturated heterocycles. The molecule has 0 spiro atoms. The molecule has 0 saturated carbocycles. The van der Waals surface area contributed by atoms with Crippen molar-refractivity contribution in [1.29, 1.82) is 0 Å². The highest BCUT2D eigenvalue weighted by Gasteiger charge is 2.15. The van der Waals surface area contributed by atoms with E-state index in [2.05, 4.69) is 43.9 Å². The van der Waals surface area contributed by atoms with Gasteiger partial charge in [-0.15, -0.1) is 6.58 Å². The van der Waals surface area contributed by atoms with Crippen LogP contribution in [0, 0.1) is 6.92 Å². The molecule has 1 atom stereocenters. The van der Waals surface area contributed by atoms with Crippen LogP contribution < -0.4 is 10.1 Å². The van der Waals surface area contributed by atoms with E-state index in [1.807, 2.05) is 6.08 Å². The molecule has 0 aromatic heterocycles. The molecule has 1 aromatic rings. The molecule has 0 amide bonds. The molecule has 0 bridgehead atoms. The van der Waals surface area contributed by atoms with Crippen LogP contribution in [0.1, 0.15) is 62.6 Å². The highest BCUT2D eigenvalue weighted by atomic mass is 16.5. The fourth-order valence-electron chi connectivity index (χ4n) is 2.63. The van der Waals surface area contributed by atoms with Gasteiger partial charge in [0.05, 0.1) is 7.11 Å². The minimum Gasteiger partial charge on any atom is -0.496 e. The lowest BCUT2D eigenvalue weighted by Crippen LogP contribution is -2.22. The molecular formula is C19H31NO. The van der Waals surface area contributed by atoms with E-state index in [1.54, 1.807) is 7.11 Å². The van der Waals surface area contributed by atoms with Gasteiger partial charge in [0.2, 0.25) is 0 Å². The van der Waals surface area contributed by atoms with Gasteiger partial charge in [0.15, 0.2) is 0 Å². The summed E-state index contributed by atoms with van der Waals surface area (Å²) in [5.74, 6) is 1.00. The summed E-state index contributed by atoms with van der Waals surface area (Å²) < 4.78 is 5.55. The molecule has 21 heavy (non-hydrogen) atoms. The van der Waals surface area contributed by atoms with Gasteiger partial charge in [-0.2, -0.15) is 0 Å². The highest BCUT2D eigenvalue weighted by molar-refractivity contribution is 5.39. The number of nitrogens with one attached hydrogen (secondary N) is 1. The molecule has 0 heterocycles. The normalized spacial score (nSPS) is 12.1. The lowest BCUT2D eigenvalue weighted by Gasteiger charge is -2.22. The number of ether oxygens (including phenoxy) is 1. The Morgan fingerprint density at radius 3 is 2.76 bits per heavy atom. The first-order chi connectivity index (χ1) is 10.2. The molecule has 2 heteroatoms. The molecule has 1 unspecified atom stereocenters. The molecule has 0 aliphatic rings. The van der Waals surface area contributed by atoms with Crippen molar-refractivity contribution in [2.45, 2.75) is 58.4 Å². The molecule has 118 valence electrons. The van der Waals surface area contributed by atoms with Gasteiger partial charge in [-0.05, 0) is 45.2 Å². The Labute approximate surface area is 130 Å². The van der Waals surface area contributed by atoms with Gasteiger partial charge in [-0.3, -0.25) is 0 Å². The Bertz CT molecular complexity index is 414. The fourth-order valence-corrected chi connectivity index (χ4v) is 2.63. The van der Waals surface area contributed by atoms with E-state index >= 15 is 0 Å². The zero-order valence-electron chi connectivity index (χ0n) is 14.0. The van der Waals surface area contributed by atoms with E-state index in [9.17, 15) is 0 Å². The summed E-state index contributed by atoms with van der Waals surface area (Å²) in [5, 5.41) is 3.68. The quantitative estimate of drug-likeness (QED) is 0.447. The number of benzene rings is 1. The first kappa shape index (κ1) is 17.8. The first-order valence-electron chi connectivity index (χ1n) is 8.21. The first-order valence-corrected chi connectivity index (χ1v) is 8.21. The number of aryl methyl sites for hydroxylation is 1. The Balaban J connectivity index is 2.71. The van der Waals surface area contributed by atoms with Crippen molar-refractivity contribution in [2.24, 2.45) is 0 Å². The Morgan fingerprint density at radius 1 is 1.29 bits per heavy atom. The molecule has 1 N–H and O–H groups in total. The Kier molecular flexibility index (Phi) is 8.84. The van der Waals surface area contributed by atoms with Crippen molar-refractivity contribution in [3.8, 4) is 5.75 Å². The van der Waals surface area contributed by atoms with Crippen molar-refractivity contribution in [3.63, 3.8) is 0 Å². The Morgan fingerprint density at radius 2 is 2.10 bits per heavy atom. The van der Waals surface area contributed by atoms with Crippen LogP contribution in [0.2, 0.25) is 0 Å². The van der Waals surface area contributed by atoms with Gasteiger partial charge in [0.25, 0.3) is 0 Å². The van der Waals surface area contributed by atoms with Gasteiger partial charge in [-0.1, -0.05) is 43.5 Å². The summed E-state index contributed by atoms with van der Waals surface area (Å²) in [4.78, 5) is 0. The minimum absolute atomic E-state index is 0.392. The fraction of sp³-hybridized carbons (Fsp3) is 0.579. The van der Waals surface area contributed by atoms with Gasteiger partial charge < -0.3 is 10.1 Å². The van der Waals surface area contributed by atoms with Crippen LogP contribution in [0.3, 0.4) is 0 Å². The second kappa shape index (κ2) is 10.4. The van der Waals surface area contributed by atoms with Gasteiger partial charge in [-0.25, -0.2) is 0 Å². The highest BCUT2D eigenvalue weighted by Crippen LogP contribution is 2.29. The van der Waals surface area contributed by atoms with Crippen LogP contribution in [0.25, 0.3) is 0 Å². The van der Waals surface area contributed by atoms with Crippen molar-refractivity contribution in [1.82, 2.24) is 5.32 Å². The molecule has 2 nitrogen and oxygen atoms in total. The van der Waals surface area contributed by atoms with Gasteiger partial charge in [0, 0.05) is 11.6 Å². The maximum atomic E-state index is 5.55. The summed E-state index contributed by atoms with van der Waals surface area (Å²) in [6.07, 6.45) is 9.21. The van der Waals surface area contributed by atoms with Crippen molar-refractivity contribution in [2.75, 3.05) is 13.7 Å². The molecule has 0 radical (unpaired) electrons. The third kappa shape index (κ3) is 6.34.